The fraction of sp³-hybridized carbons (Fsp3) is 0.429. The van der Waals surface area contributed by atoms with E-state index in [2.05, 4.69) is 11.4 Å². The summed E-state index contributed by atoms with van der Waals surface area (Å²) < 4.78 is 0. The van der Waals surface area contributed by atoms with Gasteiger partial charge in [-0.15, -0.1) is 0 Å². The van der Waals surface area contributed by atoms with Crippen LogP contribution in [0.4, 0.5) is 5.69 Å². The third-order valence-corrected chi connectivity index (χ3v) is 3.18. The number of nitriles is 1. The molecular weight excluding hydrogens is 262 g/mol. The molecule has 102 valence electrons. The summed E-state index contributed by atoms with van der Waals surface area (Å²) in [7, 11) is 1.70. The summed E-state index contributed by atoms with van der Waals surface area (Å²) in [5, 5.41) is 12.4. The fourth-order valence-electron chi connectivity index (χ4n) is 1.70. The van der Waals surface area contributed by atoms with Crippen LogP contribution in [0.1, 0.15) is 30.6 Å². The van der Waals surface area contributed by atoms with Crippen molar-refractivity contribution in [3.8, 4) is 6.07 Å². The van der Waals surface area contributed by atoms with Crippen molar-refractivity contribution >= 4 is 23.2 Å². The number of amides is 1. The minimum absolute atomic E-state index is 0.133. The summed E-state index contributed by atoms with van der Waals surface area (Å²) in [6.45, 7) is 4.53. The Kier molecular flexibility index (Phi) is 5.65. The van der Waals surface area contributed by atoms with Gasteiger partial charge in [-0.05, 0) is 32.0 Å². The van der Waals surface area contributed by atoms with Crippen molar-refractivity contribution in [2.75, 3.05) is 18.9 Å². The first-order valence-electron chi connectivity index (χ1n) is 6.18. The Morgan fingerprint density at radius 1 is 1.58 bits per heavy atom. The van der Waals surface area contributed by atoms with Crippen molar-refractivity contribution in [2.24, 2.45) is 0 Å². The molecular formula is C14H18ClN3O. The summed E-state index contributed by atoms with van der Waals surface area (Å²) in [5.41, 5.74) is 1.29. The van der Waals surface area contributed by atoms with E-state index in [1.54, 1.807) is 30.1 Å². The van der Waals surface area contributed by atoms with E-state index in [-0.39, 0.29) is 11.9 Å². The number of nitrogens with one attached hydrogen (secondary N) is 1. The highest BCUT2D eigenvalue weighted by atomic mass is 35.5. The monoisotopic (exact) mass is 279 g/mol. The quantitative estimate of drug-likeness (QED) is 0.901. The Labute approximate surface area is 119 Å². The molecule has 0 spiro atoms. The first-order chi connectivity index (χ1) is 9.01. The molecule has 0 fully saturated rings. The van der Waals surface area contributed by atoms with Crippen LogP contribution in [0.3, 0.4) is 0 Å². The van der Waals surface area contributed by atoms with Gasteiger partial charge in [-0.1, -0.05) is 11.6 Å². The first kappa shape index (κ1) is 15.3. The Morgan fingerprint density at radius 2 is 2.26 bits per heavy atom. The number of carbonyl (C=O) groups excluding carboxylic acids is 1. The van der Waals surface area contributed by atoms with Gasteiger partial charge in [0, 0.05) is 30.3 Å². The maximum atomic E-state index is 12.4. The Hall–Kier alpha value is -1.73. The zero-order chi connectivity index (χ0) is 14.4. The molecule has 0 aliphatic carbocycles. The molecule has 19 heavy (non-hydrogen) atoms. The highest BCUT2D eigenvalue weighted by Crippen LogP contribution is 2.22. The van der Waals surface area contributed by atoms with E-state index in [1.165, 1.54) is 0 Å². The van der Waals surface area contributed by atoms with Gasteiger partial charge in [-0.2, -0.15) is 5.26 Å². The van der Waals surface area contributed by atoms with Gasteiger partial charge >= 0.3 is 0 Å². The average molecular weight is 280 g/mol. The lowest BCUT2D eigenvalue weighted by molar-refractivity contribution is 0.0747. The van der Waals surface area contributed by atoms with E-state index in [0.29, 0.717) is 17.0 Å². The van der Waals surface area contributed by atoms with E-state index < -0.39 is 0 Å². The maximum absolute atomic E-state index is 12.4. The second kappa shape index (κ2) is 7.01. The average Bonchev–Trinajstić information content (AvgIpc) is 2.39. The number of benzene rings is 1. The van der Waals surface area contributed by atoms with Gasteiger partial charge in [-0.25, -0.2) is 0 Å². The van der Waals surface area contributed by atoms with Crippen LogP contribution in [0.15, 0.2) is 18.2 Å². The largest absolute Gasteiger partial charge is 0.385 e. The molecule has 1 N–H and O–H groups in total. The Bertz CT molecular complexity index is 496. The molecule has 0 aliphatic heterocycles. The molecule has 1 atom stereocenters. The van der Waals surface area contributed by atoms with E-state index in [4.69, 9.17) is 16.9 Å². The lowest BCUT2D eigenvalue weighted by Gasteiger charge is -2.24. The van der Waals surface area contributed by atoms with E-state index in [1.807, 2.05) is 13.8 Å². The van der Waals surface area contributed by atoms with Gasteiger partial charge in [0.15, 0.2) is 0 Å². The fourth-order valence-corrected chi connectivity index (χ4v) is 1.87. The lowest BCUT2D eigenvalue weighted by atomic mass is 10.1. The minimum atomic E-state index is -0.138. The molecule has 4 nitrogen and oxygen atoms in total. The van der Waals surface area contributed by atoms with E-state index >= 15 is 0 Å². The van der Waals surface area contributed by atoms with Crippen LogP contribution < -0.4 is 5.32 Å². The summed E-state index contributed by atoms with van der Waals surface area (Å²) in [6, 6.07) is 7.13. The molecule has 1 amide bonds. The van der Waals surface area contributed by atoms with Crippen molar-refractivity contribution in [3.63, 3.8) is 0 Å². The number of halogens is 1. The molecule has 1 rings (SSSR count). The molecule has 5 heteroatoms. The molecule has 1 aromatic carbocycles. The summed E-state index contributed by atoms with van der Waals surface area (Å²) >= 11 is 5.96. The van der Waals surface area contributed by atoms with E-state index in [9.17, 15) is 4.79 Å². The zero-order valence-electron chi connectivity index (χ0n) is 11.4. The predicted molar refractivity (Wildman–Crippen MR) is 77.4 cm³/mol. The number of hydrogen-bond donors (Lipinski definition) is 1. The topological polar surface area (TPSA) is 56.1 Å². The molecule has 0 saturated heterocycles. The van der Waals surface area contributed by atoms with Gasteiger partial charge < -0.3 is 10.2 Å². The van der Waals surface area contributed by atoms with Crippen molar-refractivity contribution in [3.05, 3.63) is 28.8 Å². The van der Waals surface area contributed by atoms with Gasteiger partial charge in [-0.3, -0.25) is 4.79 Å². The molecule has 0 aromatic heterocycles. The highest BCUT2D eigenvalue weighted by Gasteiger charge is 2.20. The first-order valence-corrected chi connectivity index (χ1v) is 6.56. The second-order valence-electron chi connectivity index (χ2n) is 4.35. The maximum Gasteiger partial charge on any atom is 0.256 e. The van der Waals surface area contributed by atoms with Gasteiger partial charge in [0.2, 0.25) is 0 Å². The van der Waals surface area contributed by atoms with Gasteiger partial charge in [0.05, 0.1) is 18.1 Å². The third-order valence-electron chi connectivity index (χ3n) is 2.95. The lowest BCUT2D eigenvalue weighted by Crippen LogP contribution is -2.35. The second-order valence-corrected chi connectivity index (χ2v) is 4.78. The standard InChI is InChI=1S/C14H18ClN3O/c1-4-17-13-6-5-11(15)9-12(13)14(19)18(3)10(2)7-8-16/h5-6,9-10,17H,4,7H2,1-3H3. The van der Waals surface area contributed by atoms with Crippen molar-refractivity contribution in [2.45, 2.75) is 26.3 Å². The molecule has 0 radical (unpaired) electrons. The third kappa shape index (κ3) is 3.87. The number of carbonyl (C=O) groups is 1. The van der Waals surface area contributed by atoms with Crippen LogP contribution in [0, 0.1) is 11.3 Å². The summed E-state index contributed by atoms with van der Waals surface area (Å²) in [5.74, 6) is -0.138. The van der Waals surface area contributed by atoms with Crippen LogP contribution in [0.2, 0.25) is 5.02 Å². The summed E-state index contributed by atoms with van der Waals surface area (Å²) in [6.07, 6.45) is 0.305. The Balaban J connectivity index is 3.04. The highest BCUT2D eigenvalue weighted by molar-refractivity contribution is 6.31. The molecule has 1 aromatic rings. The normalized spacial score (nSPS) is 11.5. The van der Waals surface area contributed by atoms with Gasteiger partial charge in [0.25, 0.3) is 5.91 Å². The number of rotatable bonds is 5. The van der Waals surface area contributed by atoms with Crippen molar-refractivity contribution in [1.29, 1.82) is 5.26 Å². The van der Waals surface area contributed by atoms with Crippen LogP contribution in [-0.4, -0.2) is 30.4 Å². The van der Waals surface area contributed by atoms with Crippen molar-refractivity contribution in [1.82, 2.24) is 4.90 Å². The van der Waals surface area contributed by atoms with Crippen LogP contribution in [0.5, 0.6) is 0 Å². The number of anilines is 1. The number of hydrogen-bond acceptors (Lipinski definition) is 3. The molecule has 0 saturated carbocycles. The Morgan fingerprint density at radius 3 is 2.84 bits per heavy atom. The van der Waals surface area contributed by atoms with Gasteiger partial charge in [0.1, 0.15) is 0 Å². The molecule has 0 heterocycles. The molecule has 1 unspecified atom stereocenters. The van der Waals surface area contributed by atoms with Crippen LogP contribution in [-0.2, 0) is 0 Å². The number of nitrogens with zero attached hydrogens (tertiary/aromatic N) is 2. The minimum Gasteiger partial charge on any atom is -0.385 e. The molecule has 0 bridgehead atoms. The predicted octanol–water partition coefficient (Wildman–Crippen LogP) is 3.15. The SMILES string of the molecule is CCNc1ccc(Cl)cc1C(=O)N(C)C(C)CC#N. The molecule has 0 aliphatic rings. The van der Waals surface area contributed by atoms with Crippen LogP contribution >= 0.6 is 11.6 Å². The summed E-state index contributed by atoms with van der Waals surface area (Å²) in [4.78, 5) is 14.0. The van der Waals surface area contributed by atoms with E-state index in [0.717, 1.165) is 12.2 Å². The smallest absolute Gasteiger partial charge is 0.256 e. The van der Waals surface area contributed by atoms with Crippen molar-refractivity contribution < 1.29 is 4.79 Å². The van der Waals surface area contributed by atoms with Crippen LogP contribution in [0.25, 0.3) is 0 Å². The zero-order valence-corrected chi connectivity index (χ0v) is 12.2.